The Kier molecular flexibility index (Phi) is 3.81. The van der Waals surface area contributed by atoms with E-state index >= 15 is 0 Å². The molecule has 0 amide bonds. The van der Waals surface area contributed by atoms with Crippen LogP contribution in [0, 0.1) is 6.92 Å². The molecule has 118 valence electrons. The average Bonchev–Trinajstić information content (AvgIpc) is 3.02. The molecule has 2 aromatic heterocycles. The summed E-state index contributed by atoms with van der Waals surface area (Å²) in [5.41, 5.74) is 3.41. The molecule has 1 saturated heterocycles. The molecule has 0 aliphatic carbocycles. The minimum Gasteiger partial charge on any atom is -0.378 e. The van der Waals surface area contributed by atoms with Gasteiger partial charge in [-0.2, -0.15) is 0 Å². The van der Waals surface area contributed by atoms with Gasteiger partial charge in [0.15, 0.2) is 0 Å². The maximum Gasteiger partial charge on any atom is 0.126 e. The molecule has 3 heterocycles. The molecule has 0 spiro atoms. The third-order valence-corrected chi connectivity index (χ3v) is 4.37. The van der Waals surface area contributed by atoms with Gasteiger partial charge < -0.3 is 9.72 Å². The van der Waals surface area contributed by atoms with Crippen molar-refractivity contribution in [3.63, 3.8) is 0 Å². The van der Waals surface area contributed by atoms with Crippen LogP contribution in [-0.2, 0) is 11.3 Å². The number of aromatic nitrogens is 3. The lowest BCUT2D eigenvalue weighted by molar-refractivity contribution is -0.0155. The number of pyridine rings is 1. The number of hydrogen-bond acceptors (Lipinski definition) is 4. The molecule has 1 atom stereocenters. The number of nitrogens with one attached hydrogen (secondary N) is 1. The summed E-state index contributed by atoms with van der Waals surface area (Å²) in [5.74, 6) is 0.982. The summed E-state index contributed by atoms with van der Waals surface area (Å²) in [4.78, 5) is 14.8. The highest BCUT2D eigenvalue weighted by atomic mass is 16.5. The summed E-state index contributed by atoms with van der Waals surface area (Å²) in [5, 5.41) is 1.18. The molecule has 0 bridgehead atoms. The van der Waals surface area contributed by atoms with Crippen LogP contribution in [0.3, 0.4) is 0 Å². The first kappa shape index (κ1) is 14.4. The van der Waals surface area contributed by atoms with Crippen LogP contribution in [0.15, 0.2) is 42.7 Å². The van der Waals surface area contributed by atoms with Crippen LogP contribution in [0.5, 0.6) is 0 Å². The first-order chi connectivity index (χ1) is 11.3. The quantitative estimate of drug-likeness (QED) is 0.808. The van der Waals surface area contributed by atoms with E-state index in [1.807, 2.05) is 25.4 Å². The molecule has 5 nitrogen and oxygen atoms in total. The maximum absolute atomic E-state index is 5.68. The highest BCUT2D eigenvalue weighted by Crippen LogP contribution is 2.26. The van der Waals surface area contributed by atoms with Crippen LogP contribution in [0.2, 0.25) is 0 Å². The number of para-hydroxylation sites is 1. The molecule has 1 aliphatic rings. The van der Waals surface area contributed by atoms with Gasteiger partial charge in [0.05, 0.1) is 24.8 Å². The fraction of sp³-hybridized carbons (Fsp3) is 0.333. The van der Waals surface area contributed by atoms with Crippen molar-refractivity contribution < 1.29 is 4.74 Å². The van der Waals surface area contributed by atoms with E-state index in [4.69, 9.17) is 4.74 Å². The van der Waals surface area contributed by atoms with Crippen LogP contribution < -0.4 is 0 Å². The molecule has 5 heteroatoms. The van der Waals surface area contributed by atoms with Crippen LogP contribution in [0.1, 0.15) is 23.1 Å². The van der Waals surface area contributed by atoms with Gasteiger partial charge in [0.25, 0.3) is 0 Å². The Balaban J connectivity index is 1.65. The number of H-pyrrole nitrogens is 1. The first-order valence-electron chi connectivity index (χ1n) is 7.97. The maximum atomic E-state index is 5.68. The Bertz CT molecular complexity index is 808. The van der Waals surface area contributed by atoms with Gasteiger partial charge in [-0.1, -0.05) is 24.3 Å². The zero-order valence-corrected chi connectivity index (χ0v) is 13.2. The van der Waals surface area contributed by atoms with E-state index < -0.39 is 0 Å². The summed E-state index contributed by atoms with van der Waals surface area (Å²) in [6.45, 7) is 5.20. The van der Waals surface area contributed by atoms with Crippen LogP contribution in [0.25, 0.3) is 10.9 Å². The summed E-state index contributed by atoms with van der Waals surface area (Å²) >= 11 is 0. The number of ether oxygens (including phenoxy) is 1. The fourth-order valence-corrected chi connectivity index (χ4v) is 3.20. The van der Waals surface area contributed by atoms with Crippen molar-refractivity contribution in [1.29, 1.82) is 0 Å². The monoisotopic (exact) mass is 308 g/mol. The van der Waals surface area contributed by atoms with Gasteiger partial charge in [-0.25, -0.2) is 4.98 Å². The van der Waals surface area contributed by atoms with Gasteiger partial charge in [-0.05, 0) is 18.6 Å². The predicted molar refractivity (Wildman–Crippen MR) is 89.0 cm³/mol. The molecule has 1 aliphatic heterocycles. The van der Waals surface area contributed by atoms with Crippen molar-refractivity contribution in [3.05, 3.63) is 59.8 Å². The number of aromatic amines is 1. The molecular formula is C18H20N4O. The van der Waals surface area contributed by atoms with Crippen LogP contribution in [0.4, 0.5) is 0 Å². The van der Waals surface area contributed by atoms with Gasteiger partial charge >= 0.3 is 0 Å². The molecule has 0 saturated carbocycles. The van der Waals surface area contributed by atoms with Gasteiger partial charge in [-0.15, -0.1) is 0 Å². The van der Waals surface area contributed by atoms with E-state index in [0.717, 1.165) is 36.7 Å². The number of nitrogens with zero attached hydrogens (tertiary/aromatic N) is 3. The molecule has 1 N–H and O–H groups in total. The lowest BCUT2D eigenvalue weighted by Gasteiger charge is -2.34. The topological polar surface area (TPSA) is 54.0 Å². The van der Waals surface area contributed by atoms with E-state index in [2.05, 4.69) is 44.1 Å². The Hall–Kier alpha value is -2.24. The normalized spacial score (nSPS) is 19.3. The highest BCUT2D eigenvalue weighted by Gasteiger charge is 2.27. The van der Waals surface area contributed by atoms with Gasteiger partial charge in [0.2, 0.25) is 0 Å². The number of imidazole rings is 1. The highest BCUT2D eigenvalue weighted by molar-refractivity contribution is 5.81. The van der Waals surface area contributed by atoms with Crippen molar-refractivity contribution in [1.82, 2.24) is 19.9 Å². The van der Waals surface area contributed by atoms with Crippen molar-refractivity contribution in [3.8, 4) is 0 Å². The summed E-state index contributed by atoms with van der Waals surface area (Å²) in [6, 6.07) is 10.6. The van der Waals surface area contributed by atoms with E-state index in [9.17, 15) is 0 Å². The SMILES string of the molecule is Cc1cnc([C@@H]2COCCN2Cc2cccc3cccnc23)[nH]1. The Morgan fingerprint density at radius 3 is 3.04 bits per heavy atom. The Morgan fingerprint density at radius 1 is 1.26 bits per heavy atom. The minimum absolute atomic E-state index is 0.163. The summed E-state index contributed by atoms with van der Waals surface area (Å²) in [6.07, 6.45) is 3.74. The van der Waals surface area contributed by atoms with Crippen molar-refractivity contribution in [2.45, 2.75) is 19.5 Å². The number of hydrogen-bond donors (Lipinski definition) is 1. The van der Waals surface area contributed by atoms with Gasteiger partial charge in [0.1, 0.15) is 5.82 Å². The molecule has 0 radical (unpaired) electrons. The Labute approximate surface area is 135 Å². The molecule has 23 heavy (non-hydrogen) atoms. The average molecular weight is 308 g/mol. The standard InChI is InChI=1S/C18H20N4O/c1-13-10-20-18(21-13)16-12-23-9-8-22(16)11-15-5-2-4-14-6-3-7-19-17(14)15/h2-7,10,16H,8-9,11-12H2,1H3,(H,20,21)/t16-/m0/s1. The molecule has 3 aromatic rings. The van der Waals surface area contributed by atoms with Crippen molar-refractivity contribution >= 4 is 10.9 Å². The summed E-state index contributed by atoms with van der Waals surface area (Å²) in [7, 11) is 0. The zero-order chi connectivity index (χ0) is 15.6. The summed E-state index contributed by atoms with van der Waals surface area (Å²) < 4.78 is 5.68. The zero-order valence-electron chi connectivity index (χ0n) is 13.2. The van der Waals surface area contributed by atoms with Crippen LogP contribution in [-0.4, -0.2) is 39.6 Å². The van der Waals surface area contributed by atoms with E-state index in [-0.39, 0.29) is 6.04 Å². The minimum atomic E-state index is 0.163. The van der Waals surface area contributed by atoms with Crippen LogP contribution >= 0.6 is 0 Å². The predicted octanol–water partition coefficient (Wildman–Crippen LogP) is 2.84. The van der Waals surface area contributed by atoms with Gasteiger partial charge in [0, 0.05) is 36.6 Å². The lowest BCUT2D eigenvalue weighted by atomic mass is 10.1. The second-order valence-corrected chi connectivity index (χ2v) is 6.00. The van der Waals surface area contributed by atoms with E-state index in [0.29, 0.717) is 6.61 Å². The molecule has 4 rings (SSSR count). The Morgan fingerprint density at radius 2 is 2.17 bits per heavy atom. The van der Waals surface area contributed by atoms with Crippen molar-refractivity contribution in [2.75, 3.05) is 19.8 Å². The number of aryl methyl sites for hydroxylation is 1. The molecule has 1 fully saturated rings. The fourth-order valence-electron chi connectivity index (χ4n) is 3.20. The molecule has 0 unspecified atom stereocenters. The number of rotatable bonds is 3. The van der Waals surface area contributed by atoms with E-state index in [1.165, 1.54) is 10.9 Å². The van der Waals surface area contributed by atoms with E-state index in [1.54, 1.807) is 0 Å². The second-order valence-electron chi connectivity index (χ2n) is 6.00. The second kappa shape index (κ2) is 6.10. The third kappa shape index (κ3) is 2.85. The number of fused-ring (bicyclic) bond motifs is 1. The third-order valence-electron chi connectivity index (χ3n) is 4.37. The smallest absolute Gasteiger partial charge is 0.126 e. The van der Waals surface area contributed by atoms with Crippen molar-refractivity contribution in [2.24, 2.45) is 0 Å². The molecule has 1 aromatic carbocycles. The number of benzene rings is 1. The first-order valence-corrected chi connectivity index (χ1v) is 7.97. The lowest BCUT2D eigenvalue weighted by Crippen LogP contribution is -2.39. The number of morpholine rings is 1. The largest absolute Gasteiger partial charge is 0.378 e. The molecular weight excluding hydrogens is 288 g/mol. The van der Waals surface area contributed by atoms with Gasteiger partial charge in [-0.3, -0.25) is 9.88 Å².